The van der Waals surface area contributed by atoms with E-state index in [0.717, 1.165) is 5.69 Å². The number of nitrogens with zero attached hydrogens (tertiary/aromatic N) is 2. The van der Waals surface area contributed by atoms with Gasteiger partial charge in [0.25, 0.3) is 0 Å². The van der Waals surface area contributed by atoms with Gasteiger partial charge in [-0.15, -0.1) is 0 Å². The van der Waals surface area contributed by atoms with Gasteiger partial charge < -0.3 is 15.2 Å². The molecule has 0 aliphatic carbocycles. The van der Waals surface area contributed by atoms with Crippen LogP contribution in [0.25, 0.3) is 0 Å². The second kappa shape index (κ2) is 4.45. The Morgan fingerprint density at radius 2 is 2.21 bits per heavy atom. The summed E-state index contributed by atoms with van der Waals surface area (Å²) in [5.41, 5.74) is 6.68. The van der Waals surface area contributed by atoms with Crippen LogP contribution in [0.2, 0.25) is 0 Å². The maximum Gasteiger partial charge on any atom is 0.159 e. The normalized spacial score (nSPS) is 19.8. The highest BCUT2D eigenvalue weighted by molar-refractivity contribution is 5.01. The van der Waals surface area contributed by atoms with E-state index >= 15 is 0 Å². The highest BCUT2D eigenvalue weighted by atomic mass is 16.7. The van der Waals surface area contributed by atoms with E-state index in [1.807, 2.05) is 0 Å². The zero-order valence-electron chi connectivity index (χ0n) is 7.80. The molecular weight excluding hydrogens is 182 g/mol. The molecule has 0 amide bonds. The fourth-order valence-electron chi connectivity index (χ4n) is 1.37. The van der Waals surface area contributed by atoms with E-state index in [2.05, 4.69) is 9.97 Å². The summed E-state index contributed by atoms with van der Waals surface area (Å²) < 4.78 is 10.6. The van der Waals surface area contributed by atoms with E-state index in [0.29, 0.717) is 19.6 Å². The van der Waals surface area contributed by atoms with Crippen molar-refractivity contribution >= 4 is 0 Å². The lowest BCUT2D eigenvalue weighted by atomic mass is 10.1. The molecule has 14 heavy (non-hydrogen) atoms. The number of aromatic nitrogens is 2. The van der Waals surface area contributed by atoms with Gasteiger partial charge in [-0.05, 0) is 0 Å². The fraction of sp³-hybridized carbons (Fsp3) is 0.556. The summed E-state index contributed by atoms with van der Waals surface area (Å²) in [5, 5.41) is 0. The lowest BCUT2D eigenvalue weighted by Crippen LogP contribution is -2.20. The lowest BCUT2D eigenvalue weighted by molar-refractivity contribution is -0.0510. The Labute approximate surface area is 82.3 Å². The molecule has 1 atom stereocenters. The molecule has 0 aromatic carbocycles. The fourth-order valence-corrected chi connectivity index (χ4v) is 1.37. The first-order chi connectivity index (χ1) is 6.86. The zero-order valence-corrected chi connectivity index (χ0v) is 7.80. The third-order valence-corrected chi connectivity index (χ3v) is 2.10. The van der Waals surface area contributed by atoms with Crippen molar-refractivity contribution in [3.8, 4) is 0 Å². The highest BCUT2D eigenvalue weighted by Gasteiger charge is 2.20. The van der Waals surface area contributed by atoms with Gasteiger partial charge >= 0.3 is 0 Å². The average Bonchev–Trinajstić information content (AvgIpc) is 2.72. The molecule has 0 saturated carbocycles. The van der Waals surface area contributed by atoms with Crippen LogP contribution in [0.1, 0.15) is 18.2 Å². The number of ether oxygens (including phenoxy) is 2. The Morgan fingerprint density at radius 3 is 2.86 bits per heavy atom. The summed E-state index contributed by atoms with van der Waals surface area (Å²) in [6.45, 7) is 1.30. The predicted molar refractivity (Wildman–Crippen MR) is 49.3 cm³/mol. The van der Waals surface area contributed by atoms with Crippen molar-refractivity contribution < 1.29 is 9.47 Å². The van der Waals surface area contributed by atoms with Crippen molar-refractivity contribution in [2.24, 2.45) is 5.73 Å². The minimum Gasteiger partial charge on any atom is -0.350 e. The van der Waals surface area contributed by atoms with E-state index < -0.39 is 0 Å². The van der Waals surface area contributed by atoms with Gasteiger partial charge in [0.05, 0.1) is 24.9 Å². The maximum absolute atomic E-state index is 5.91. The summed E-state index contributed by atoms with van der Waals surface area (Å²) >= 11 is 0. The molecular formula is C9H13N3O2. The van der Waals surface area contributed by atoms with Gasteiger partial charge in [0.2, 0.25) is 0 Å². The Balaban J connectivity index is 1.92. The summed E-state index contributed by atoms with van der Waals surface area (Å²) in [4.78, 5) is 8.08. The molecule has 1 aromatic rings. The smallest absolute Gasteiger partial charge is 0.159 e. The van der Waals surface area contributed by atoms with Crippen LogP contribution in [0.4, 0.5) is 0 Å². The van der Waals surface area contributed by atoms with Crippen LogP contribution in [0.15, 0.2) is 18.6 Å². The van der Waals surface area contributed by atoms with E-state index in [-0.39, 0.29) is 12.3 Å². The summed E-state index contributed by atoms with van der Waals surface area (Å²) in [6.07, 6.45) is 5.36. The van der Waals surface area contributed by atoms with Gasteiger partial charge in [0.15, 0.2) is 6.29 Å². The molecule has 0 bridgehead atoms. The molecule has 1 aliphatic rings. The monoisotopic (exact) mass is 195 g/mol. The van der Waals surface area contributed by atoms with Gasteiger partial charge in [-0.3, -0.25) is 9.97 Å². The van der Waals surface area contributed by atoms with Crippen LogP contribution in [0.5, 0.6) is 0 Å². The molecule has 0 radical (unpaired) electrons. The molecule has 5 heteroatoms. The van der Waals surface area contributed by atoms with Gasteiger partial charge in [-0.2, -0.15) is 0 Å². The zero-order chi connectivity index (χ0) is 9.80. The van der Waals surface area contributed by atoms with E-state index in [9.17, 15) is 0 Å². The molecule has 1 unspecified atom stereocenters. The Bertz CT molecular complexity index is 275. The van der Waals surface area contributed by atoms with Gasteiger partial charge in [0.1, 0.15) is 0 Å². The summed E-state index contributed by atoms with van der Waals surface area (Å²) in [6, 6.07) is -0.174. The molecule has 2 rings (SSSR count). The van der Waals surface area contributed by atoms with Crippen molar-refractivity contribution in [1.29, 1.82) is 0 Å². The number of nitrogens with two attached hydrogens (primary N) is 1. The molecule has 1 fully saturated rings. The Hall–Kier alpha value is -1.04. The van der Waals surface area contributed by atoms with Crippen molar-refractivity contribution in [2.45, 2.75) is 18.8 Å². The van der Waals surface area contributed by atoms with Gasteiger partial charge in [-0.25, -0.2) is 0 Å². The predicted octanol–water partition coefficient (Wildman–Crippen LogP) is 0.239. The maximum atomic E-state index is 5.91. The van der Waals surface area contributed by atoms with E-state index in [4.69, 9.17) is 15.2 Å². The van der Waals surface area contributed by atoms with Crippen LogP contribution in [0, 0.1) is 0 Å². The summed E-state index contributed by atoms with van der Waals surface area (Å²) in [7, 11) is 0. The van der Waals surface area contributed by atoms with Crippen LogP contribution >= 0.6 is 0 Å². The SMILES string of the molecule is NC(CC1OCCO1)c1cnccn1. The number of hydrogen-bond donors (Lipinski definition) is 1. The molecule has 76 valence electrons. The summed E-state index contributed by atoms with van der Waals surface area (Å²) in [5.74, 6) is 0. The van der Waals surface area contributed by atoms with Crippen LogP contribution in [0.3, 0.4) is 0 Å². The van der Waals surface area contributed by atoms with Crippen molar-refractivity contribution in [3.63, 3.8) is 0 Å². The first kappa shape index (κ1) is 9.51. The first-order valence-electron chi connectivity index (χ1n) is 4.61. The Morgan fingerprint density at radius 1 is 1.43 bits per heavy atom. The molecule has 1 saturated heterocycles. The quantitative estimate of drug-likeness (QED) is 0.748. The number of rotatable bonds is 3. The molecule has 5 nitrogen and oxygen atoms in total. The van der Waals surface area contributed by atoms with Crippen molar-refractivity contribution in [3.05, 3.63) is 24.3 Å². The molecule has 1 aromatic heterocycles. The van der Waals surface area contributed by atoms with Crippen LogP contribution in [-0.2, 0) is 9.47 Å². The average molecular weight is 195 g/mol. The number of hydrogen-bond acceptors (Lipinski definition) is 5. The molecule has 2 heterocycles. The highest BCUT2D eigenvalue weighted by Crippen LogP contribution is 2.17. The largest absolute Gasteiger partial charge is 0.350 e. The minimum absolute atomic E-state index is 0.174. The van der Waals surface area contributed by atoms with E-state index in [1.165, 1.54) is 0 Å². The second-order valence-electron chi connectivity index (χ2n) is 3.14. The minimum atomic E-state index is -0.188. The van der Waals surface area contributed by atoms with E-state index in [1.54, 1.807) is 18.6 Å². The van der Waals surface area contributed by atoms with Crippen molar-refractivity contribution in [1.82, 2.24) is 9.97 Å². The second-order valence-corrected chi connectivity index (χ2v) is 3.14. The third-order valence-electron chi connectivity index (χ3n) is 2.10. The van der Waals surface area contributed by atoms with Gasteiger partial charge in [0, 0.05) is 25.0 Å². The third kappa shape index (κ3) is 2.25. The topological polar surface area (TPSA) is 70.3 Å². The molecule has 0 spiro atoms. The van der Waals surface area contributed by atoms with Crippen LogP contribution < -0.4 is 5.73 Å². The lowest BCUT2D eigenvalue weighted by Gasteiger charge is -2.14. The Kier molecular flexibility index (Phi) is 3.03. The van der Waals surface area contributed by atoms with Gasteiger partial charge in [-0.1, -0.05) is 0 Å². The molecule has 2 N–H and O–H groups in total. The van der Waals surface area contributed by atoms with Crippen LogP contribution in [-0.4, -0.2) is 29.5 Å². The van der Waals surface area contributed by atoms with Crippen molar-refractivity contribution in [2.75, 3.05) is 13.2 Å². The first-order valence-corrected chi connectivity index (χ1v) is 4.61. The molecule has 1 aliphatic heterocycles. The standard InChI is InChI=1S/C9H13N3O2/c10-7(5-9-13-3-4-14-9)8-6-11-1-2-12-8/h1-2,6-7,9H,3-5,10H2.